The molecule has 104 valence electrons. The van der Waals surface area contributed by atoms with E-state index in [1.807, 2.05) is 23.6 Å². The monoisotopic (exact) mass is 288 g/mol. The van der Waals surface area contributed by atoms with Crippen molar-refractivity contribution in [3.05, 3.63) is 58.3 Å². The molecule has 1 atom stereocenters. The second-order valence-electron chi connectivity index (χ2n) is 4.36. The third-order valence-corrected chi connectivity index (χ3v) is 3.67. The molecule has 0 aliphatic heterocycles. The third-order valence-electron chi connectivity index (χ3n) is 2.79. The molecule has 0 bridgehead atoms. The summed E-state index contributed by atoms with van der Waals surface area (Å²) < 4.78 is 0. The van der Waals surface area contributed by atoms with E-state index in [0.717, 1.165) is 4.88 Å². The molecule has 20 heavy (non-hydrogen) atoms. The van der Waals surface area contributed by atoms with Gasteiger partial charge in [-0.3, -0.25) is 9.59 Å². The summed E-state index contributed by atoms with van der Waals surface area (Å²) in [7, 11) is 0. The van der Waals surface area contributed by atoms with Crippen LogP contribution in [0.2, 0.25) is 0 Å². The second kappa shape index (κ2) is 6.86. The highest BCUT2D eigenvalue weighted by molar-refractivity contribution is 7.09. The zero-order chi connectivity index (χ0) is 14.4. The maximum absolute atomic E-state index is 11.9. The first kappa shape index (κ1) is 14.3. The first-order valence-electron chi connectivity index (χ1n) is 6.33. The minimum atomic E-state index is -0.567. The Kier molecular flexibility index (Phi) is 4.90. The van der Waals surface area contributed by atoms with Crippen LogP contribution in [0.15, 0.2) is 47.8 Å². The Labute approximate surface area is 121 Å². The van der Waals surface area contributed by atoms with Gasteiger partial charge >= 0.3 is 0 Å². The lowest BCUT2D eigenvalue weighted by Gasteiger charge is -2.13. The highest BCUT2D eigenvalue weighted by Crippen LogP contribution is 2.07. The number of benzene rings is 1. The van der Waals surface area contributed by atoms with Crippen molar-refractivity contribution in [2.45, 2.75) is 19.5 Å². The van der Waals surface area contributed by atoms with Crippen molar-refractivity contribution in [2.75, 3.05) is 0 Å². The number of carbonyl (C=O) groups excluding carboxylic acids is 2. The first-order valence-corrected chi connectivity index (χ1v) is 7.21. The van der Waals surface area contributed by atoms with Gasteiger partial charge in [0.05, 0.1) is 6.54 Å². The van der Waals surface area contributed by atoms with Crippen molar-refractivity contribution in [1.82, 2.24) is 10.6 Å². The number of rotatable bonds is 5. The van der Waals surface area contributed by atoms with Crippen LogP contribution in [0.25, 0.3) is 0 Å². The van der Waals surface area contributed by atoms with Crippen molar-refractivity contribution >= 4 is 23.2 Å². The Morgan fingerprint density at radius 3 is 2.55 bits per heavy atom. The highest BCUT2D eigenvalue weighted by atomic mass is 32.1. The van der Waals surface area contributed by atoms with Crippen LogP contribution in [-0.4, -0.2) is 17.9 Å². The summed E-state index contributed by atoms with van der Waals surface area (Å²) in [6.45, 7) is 2.16. The van der Waals surface area contributed by atoms with Crippen molar-refractivity contribution in [3.63, 3.8) is 0 Å². The van der Waals surface area contributed by atoms with Crippen LogP contribution in [0, 0.1) is 0 Å². The Morgan fingerprint density at radius 1 is 1.15 bits per heavy atom. The minimum absolute atomic E-state index is 0.192. The van der Waals surface area contributed by atoms with Gasteiger partial charge in [-0.15, -0.1) is 11.3 Å². The summed E-state index contributed by atoms with van der Waals surface area (Å²) in [5.74, 6) is -0.438. The molecule has 0 fully saturated rings. The van der Waals surface area contributed by atoms with Crippen LogP contribution >= 0.6 is 11.3 Å². The van der Waals surface area contributed by atoms with E-state index >= 15 is 0 Å². The molecule has 0 aliphatic carbocycles. The van der Waals surface area contributed by atoms with Gasteiger partial charge in [0.2, 0.25) is 5.91 Å². The normalized spacial score (nSPS) is 11.7. The van der Waals surface area contributed by atoms with Gasteiger partial charge in [0.25, 0.3) is 5.91 Å². The van der Waals surface area contributed by atoms with E-state index in [9.17, 15) is 9.59 Å². The van der Waals surface area contributed by atoms with Gasteiger partial charge < -0.3 is 10.6 Å². The van der Waals surface area contributed by atoms with Gasteiger partial charge in [-0.2, -0.15) is 0 Å². The molecule has 2 N–H and O–H groups in total. The zero-order valence-electron chi connectivity index (χ0n) is 11.1. The molecule has 0 radical (unpaired) electrons. The number of amides is 2. The van der Waals surface area contributed by atoms with E-state index in [2.05, 4.69) is 10.6 Å². The largest absolute Gasteiger partial charge is 0.349 e. The fourth-order valence-corrected chi connectivity index (χ4v) is 2.32. The van der Waals surface area contributed by atoms with Gasteiger partial charge in [-0.1, -0.05) is 24.3 Å². The Hall–Kier alpha value is -2.14. The number of hydrogen-bond acceptors (Lipinski definition) is 3. The second-order valence-corrected chi connectivity index (χ2v) is 5.39. The molecule has 1 heterocycles. The van der Waals surface area contributed by atoms with Crippen molar-refractivity contribution in [2.24, 2.45) is 0 Å². The molecular weight excluding hydrogens is 272 g/mol. The fraction of sp³-hybridized carbons (Fsp3) is 0.200. The predicted octanol–water partition coefficient (Wildman–Crippen LogP) is 2.18. The average molecular weight is 288 g/mol. The highest BCUT2D eigenvalue weighted by Gasteiger charge is 2.16. The van der Waals surface area contributed by atoms with Crippen LogP contribution in [0.3, 0.4) is 0 Å². The lowest BCUT2D eigenvalue weighted by Crippen LogP contribution is -2.44. The molecule has 0 saturated carbocycles. The molecule has 1 aromatic heterocycles. The molecule has 5 heteroatoms. The Morgan fingerprint density at radius 2 is 1.90 bits per heavy atom. The zero-order valence-corrected chi connectivity index (χ0v) is 11.9. The van der Waals surface area contributed by atoms with Gasteiger partial charge in [-0.25, -0.2) is 0 Å². The lowest BCUT2D eigenvalue weighted by molar-refractivity contribution is -0.122. The quantitative estimate of drug-likeness (QED) is 0.886. The minimum Gasteiger partial charge on any atom is -0.349 e. The summed E-state index contributed by atoms with van der Waals surface area (Å²) in [4.78, 5) is 24.9. The van der Waals surface area contributed by atoms with E-state index in [1.54, 1.807) is 42.5 Å². The molecule has 0 aliphatic rings. The van der Waals surface area contributed by atoms with E-state index in [0.29, 0.717) is 12.1 Å². The lowest BCUT2D eigenvalue weighted by atomic mass is 10.2. The van der Waals surface area contributed by atoms with Crippen molar-refractivity contribution < 1.29 is 9.59 Å². The number of hydrogen-bond donors (Lipinski definition) is 2. The average Bonchev–Trinajstić information content (AvgIpc) is 2.98. The van der Waals surface area contributed by atoms with E-state index in [1.165, 1.54) is 0 Å². The van der Waals surface area contributed by atoms with Gasteiger partial charge in [0, 0.05) is 10.4 Å². The molecule has 2 aromatic rings. The summed E-state index contributed by atoms with van der Waals surface area (Å²) >= 11 is 1.59. The molecule has 2 amide bonds. The van der Waals surface area contributed by atoms with Gasteiger partial charge in [0.1, 0.15) is 6.04 Å². The maximum Gasteiger partial charge on any atom is 0.251 e. The van der Waals surface area contributed by atoms with Crippen LogP contribution in [-0.2, 0) is 11.3 Å². The first-order chi connectivity index (χ1) is 9.66. The van der Waals surface area contributed by atoms with Crippen molar-refractivity contribution in [1.29, 1.82) is 0 Å². The summed E-state index contributed by atoms with van der Waals surface area (Å²) in [6.07, 6.45) is 0. The smallest absolute Gasteiger partial charge is 0.251 e. The van der Waals surface area contributed by atoms with E-state index in [4.69, 9.17) is 0 Å². The molecule has 0 spiro atoms. The van der Waals surface area contributed by atoms with Crippen molar-refractivity contribution in [3.8, 4) is 0 Å². The Balaban J connectivity index is 1.83. The number of nitrogens with one attached hydrogen (secondary N) is 2. The SMILES string of the molecule is CC(NC(=O)c1ccccc1)C(=O)NCc1cccs1. The van der Waals surface area contributed by atoms with E-state index in [-0.39, 0.29) is 11.8 Å². The molecule has 4 nitrogen and oxygen atoms in total. The third kappa shape index (κ3) is 3.93. The van der Waals surface area contributed by atoms with Crippen LogP contribution in [0.4, 0.5) is 0 Å². The standard InChI is InChI=1S/C15H16N2O2S/c1-11(14(18)16-10-13-8-5-9-20-13)17-15(19)12-6-3-2-4-7-12/h2-9,11H,10H2,1H3,(H,16,18)(H,17,19). The summed E-state index contributed by atoms with van der Waals surface area (Å²) in [5, 5.41) is 7.44. The van der Waals surface area contributed by atoms with Gasteiger partial charge in [-0.05, 0) is 30.5 Å². The van der Waals surface area contributed by atoms with Crippen LogP contribution in [0.1, 0.15) is 22.2 Å². The molecule has 1 unspecified atom stereocenters. The van der Waals surface area contributed by atoms with E-state index < -0.39 is 6.04 Å². The summed E-state index contributed by atoms with van der Waals surface area (Å²) in [6, 6.07) is 12.2. The maximum atomic E-state index is 11.9. The van der Waals surface area contributed by atoms with Crippen LogP contribution < -0.4 is 10.6 Å². The summed E-state index contributed by atoms with van der Waals surface area (Å²) in [5.41, 5.74) is 0.547. The predicted molar refractivity (Wildman–Crippen MR) is 79.5 cm³/mol. The topological polar surface area (TPSA) is 58.2 Å². The van der Waals surface area contributed by atoms with Crippen LogP contribution in [0.5, 0.6) is 0 Å². The van der Waals surface area contributed by atoms with Gasteiger partial charge in [0.15, 0.2) is 0 Å². The fourth-order valence-electron chi connectivity index (χ4n) is 1.68. The molecular formula is C15H16N2O2S. The molecule has 0 saturated heterocycles. The number of carbonyl (C=O) groups is 2. The number of thiophene rings is 1. The Bertz CT molecular complexity index is 567. The molecule has 1 aromatic carbocycles. The molecule has 2 rings (SSSR count).